The Kier molecular flexibility index (Phi) is 15.0. The van der Waals surface area contributed by atoms with Crippen molar-refractivity contribution in [3.8, 4) is 22.9 Å². The number of nitrogens with one attached hydrogen (secondary N) is 5. The molecule has 65 heavy (non-hydrogen) atoms. The first-order valence-electron chi connectivity index (χ1n) is 21.8. The number of carbonyl (C=O) groups excluding carboxylic acids is 5. The summed E-state index contributed by atoms with van der Waals surface area (Å²) in [5, 5.41) is 18.1. The van der Waals surface area contributed by atoms with Crippen LogP contribution < -0.4 is 36.1 Å². The van der Waals surface area contributed by atoms with Crippen LogP contribution in [0.4, 0.5) is 22.5 Å². The molecular formula is C47H54N10O7S. The summed E-state index contributed by atoms with van der Waals surface area (Å²) in [6.45, 7) is 7.83. The molecule has 2 aliphatic heterocycles. The Labute approximate surface area is 381 Å². The molecule has 5 heterocycles. The molecule has 340 valence electrons. The lowest BCUT2D eigenvalue weighted by Crippen LogP contribution is -2.55. The van der Waals surface area contributed by atoms with Gasteiger partial charge in [-0.1, -0.05) is 38.1 Å². The quantitative estimate of drug-likeness (QED) is 0.0658. The van der Waals surface area contributed by atoms with E-state index in [0.717, 1.165) is 5.13 Å². The first-order valence-corrected chi connectivity index (χ1v) is 22.7. The van der Waals surface area contributed by atoms with Crippen LogP contribution in [0.25, 0.3) is 22.3 Å². The van der Waals surface area contributed by atoms with Crippen LogP contribution in [0.2, 0.25) is 0 Å². The van der Waals surface area contributed by atoms with Crippen LogP contribution in [-0.4, -0.2) is 98.2 Å². The SMILES string of the molecule is COc1ccc2c(O[C@H]3C[C@@H](C(=O)N[C@@H]4CCC=CCCCC(=O)Nc5ccccc5NC(=O)C4=O)N(C(=O)C(Nc4ncccn4)C(C)C)C3)cc(-c3csc(NC(C)C)n3)nc2c1. The number of benzene rings is 2. The smallest absolute Gasteiger partial charge is 0.294 e. The van der Waals surface area contributed by atoms with Crippen LogP contribution in [0.3, 0.4) is 0 Å². The summed E-state index contributed by atoms with van der Waals surface area (Å²) < 4.78 is 12.3. The summed E-state index contributed by atoms with van der Waals surface area (Å²) in [5.74, 6) is -2.05. The number of amides is 4. The maximum atomic E-state index is 14.8. The molecule has 2 aromatic carbocycles. The molecule has 5 N–H and O–H groups in total. The molecule has 0 spiro atoms. The Balaban J connectivity index is 1.20. The van der Waals surface area contributed by atoms with Gasteiger partial charge in [-0.3, -0.25) is 24.0 Å². The van der Waals surface area contributed by atoms with E-state index in [1.807, 2.05) is 51.3 Å². The van der Waals surface area contributed by atoms with Gasteiger partial charge < -0.3 is 41.0 Å². The van der Waals surface area contributed by atoms with E-state index in [1.54, 1.807) is 68.0 Å². The van der Waals surface area contributed by atoms with E-state index in [2.05, 4.69) is 36.6 Å². The number of pyridine rings is 1. The summed E-state index contributed by atoms with van der Waals surface area (Å²) in [6, 6.07) is 12.5. The lowest BCUT2D eigenvalue weighted by molar-refractivity contribution is -0.141. The topological polar surface area (TPSA) is 219 Å². The van der Waals surface area contributed by atoms with Crippen molar-refractivity contribution >= 4 is 74.1 Å². The number of allylic oxidation sites excluding steroid dienone is 2. The van der Waals surface area contributed by atoms with Gasteiger partial charge in [-0.2, -0.15) is 0 Å². The molecule has 18 heteroatoms. The second kappa shape index (κ2) is 21.2. The van der Waals surface area contributed by atoms with Crippen molar-refractivity contribution in [3.05, 3.63) is 84.5 Å². The monoisotopic (exact) mass is 902 g/mol. The lowest BCUT2D eigenvalue weighted by Gasteiger charge is -2.31. The van der Waals surface area contributed by atoms with Crippen molar-refractivity contribution in [3.63, 3.8) is 0 Å². The standard InChI is InChI=1S/C47H54N10O7S/c1-27(2)41(56-46-48-20-13-21-49-46)45(62)57-25-30(64-39-24-36(37-26-65-47(55-37)50-28(3)4)51-35-22-29(63-5)18-19-31(35)39)23-38(57)43(60)54-34-16-9-7-6-8-10-17-40(58)52-32-14-11-12-15-33(32)53-44(61)42(34)59/h6-7,11-15,18-22,24,26-28,30,34,38,41H,8-10,16-17,23,25H2,1-5H3,(H,50,55)(H,52,58)(H,53,61)(H,54,60)(H,48,49,56)/t30-,34+,38-,41?/m0/s1. The average Bonchev–Trinajstić information content (AvgIpc) is 3.94. The Hall–Kier alpha value is -6.95. The summed E-state index contributed by atoms with van der Waals surface area (Å²) >= 11 is 1.46. The Morgan fingerprint density at radius 3 is 2.38 bits per heavy atom. The van der Waals surface area contributed by atoms with Crippen molar-refractivity contribution in [2.45, 2.75) is 96.5 Å². The molecule has 2 aliphatic rings. The average molecular weight is 903 g/mol. The van der Waals surface area contributed by atoms with Crippen molar-refractivity contribution in [2.24, 2.45) is 5.92 Å². The molecule has 0 bridgehead atoms. The number of thiazole rings is 1. The van der Waals surface area contributed by atoms with Crippen LogP contribution >= 0.6 is 11.3 Å². The number of aromatic nitrogens is 4. The lowest BCUT2D eigenvalue weighted by atomic mass is 10.0. The summed E-state index contributed by atoms with van der Waals surface area (Å²) in [4.78, 5) is 89.5. The van der Waals surface area contributed by atoms with E-state index in [-0.39, 0.29) is 55.3 Å². The first kappa shape index (κ1) is 46.1. The number of nitrogens with zero attached hydrogens (tertiary/aromatic N) is 5. The molecule has 0 aliphatic carbocycles. The van der Waals surface area contributed by atoms with Gasteiger partial charge in [0, 0.05) is 54.2 Å². The highest BCUT2D eigenvalue weighted by Gasteiger charge is 2.45. The molecule has 7 rings (SSSR count). The highest BCUT2D eigenvalue weighted by molar-refractivity contribution is 7.14. The van der Waals surface area contributed by atoms with E-state index < -0.39 is 47.7 Å². The molecule has 1 fully saturated rings. The van der Waals surface area contributed by atoms with E-state index >= 15 is 0 Å². The van der Waals surface area contributed by atoms with Gasteiger partial charge in [0.25, 0.3) is 5.91 Å². The number of Topliss-reactive ketones (excluding diaryl/α,β-unsaturated/α-hetero) is 1. The van der Waals surface area contributed by atoms with E-state index in [4.69, 9.17) is 19.4 Å². The fraction of sp³-hybridized carbons (Fsp3) is 0.383. The molecule has 3 aromatic heterocycles. The van der Waals surface area contributed by atoms with Gasteiger partial charge in [0.2, 0.25) is 29.5 Å². The van der Waals surface area contributed by atoms with Gasteiger partial charge in [-0.15, -0.1) is 11.3 Å². The second-order valence-corrected chi connectivity index (χ2v) is 17.4. The zero-order valence-electron chi connectivity index (χ0n) is 37.0. The third kappa shape index (κ3) is 11.6. The third-order valence-electron chi connectivity index (χ3n) is 11.0. The Morgan fingerprint density at radius 2 is 1.65 bits per heavy atom. The number of hydrogen-bond acceptors (Lipinski definition) is 14. The van der Waals surface area contributed by atoms with Gasteiger partial charge in [-0.25, -0.2) is 19.9 Å². The number of para-hydroxylation sites is 2. The minimum atomic E-state index is -1.25. The highest BCUT2D eigenvalue weighted by atomic mass is 32.1. The van der Waals surface area contributed by atoms with Crippen molar-refractivity contribution < 1.29 is 33.4 Å². The summed E-state index contributed by atoms with van der Waals surface area (Å²) in [6.07, 6.45) is 8.22. The third-order valence-corrected chi connectivity index (χ3v) is 11.7. The number of anilines is 4. The van der Waals surface area contributed by atoms with Crippen LogP contribution in [0.1, 0.15) is 66.2 Å². The number of hydrogen-bond donors (Lipinski definition) is 5. The first-order chi connectivity index (χ1) is 31.4. The van der Waals surface area contributed by atoms with Gasteiger partial charge in [0.05, 0.1) is 42.3 Å². The van der Waals surface area contributed by atoms with E-state index in [1.165, 1.54) is 16.2 Å². The normalized spacial score (nSPS) is 18.8. The molecule has 0 radical (unpaired) electrons. The molecule has 4 atom stereocenters. The number of ketones is 1. The van der Waals surface area contributed by atoms with Crippen molar-refractivity contribution in [2.75, 3.05) is 34.9 Å². The second-order valence-electron chi connectivity index (χ2n) is 16.6. The van der Waals surface area contributed by atoms with Gasteiger partial charge >= 0.3 is 0 Å². The molecule has 17 nitrogen and oxygen atoms in total. The predicted molar refractivity (Wildman–Crippen MR) is 250 cm³/mol. The molecule has 1 unspecified atom stereocenters. The molecule has 4 amide bonds. The Bertz CT molecular complexity index is 2550. The number of fused-ring (bicyclic) bond motifs is 2. The largest absolute Gasteiger partial charge is 0.497 e. The number of methoxy groups -OCH3 is 1. The van der Waals surface area contributed by atoms with Crippen LogP contribution in [0.5, 0.6) is 11.5 Å². The van der Waals surface area contributed by atoms with E-state index in [9.17, 15) is 24.0 Å². The summed E-state index contributed by atoms with van der Waals surface area (Å²) in [5.41, 5.74) is 2.37. The zero-order chi connectivity index (χ0) is 46.0. The maximum absolute atomic E-state index is 14.8. The fourth-order valence-electron chi connectivity index (χ4n) is 7.67. The minimum Gasteiger partial charge on any atom is -0.497 e. The number of ether oxygens (including phenoxy) is 2. The van der Waals surface area contributed by atoms with Gasteiger partial charge in [0.15, 0.2) is 5.13 Å². The fourth-order valence-corrected chi connectivity index (χ4v) is 8.52. The molecule has 0 saturated carbocycles. The maximum Gasteiger partial charge on any atom is 0.294 e. The number of rotatable bonds is 12. The summed E-state index contributed by atoms with van der Waals surface area (Å²) in [7, 11) is 1.58. The number of likely N-dealkylation sites (tertiary alicyclic amines) is 1. The van der Waals surface area contributed by atoms with Crippen molar-refractivity contribution in [1.29, 1.82) is 0 Å². The van der Waals surface area contributed by atoms with Crippen molar-refractivity contribution in [1.82, 2.24) is 30.2 Å². The van der Waals surface area contributed by atoms with E-state index in [0.29, 0.717) is 58.7 Å². The van der Waals surface area contributed by atoms with Gasteiger partial charge in [-0.05, 0) is 75.8 Å². The highest BCUT2D eigenvalue weighted by Crippen LogP contribution is 2.36. The van der Waals surface area contributed by atoms with Crippen LogP contribution in [0, 0.1) is 5.92 Å². The molecular weight excluding hydrogens is 849 g/mol. The molecule has 1 saturated heterocycles. The zero-order valence-corrected chi connectivity index (χ0v) is 37.8. The minimum absolute atomic E-state index is 0.0102. The van der Waals surface area contributed by atoms with Crippen LogP contribution in [-0.2, 0) is 24.0 Å². The molecule has 5 aromatic rings. The van der Waals surface area contributed by atoms with Gasteiger partial charge in [0.1, 0.15) is 35.4 Å². The van der Waals surface area contributed by atoms with Crippen LogP contribution in [0.15, 0.2) is 84.5 Å². The Morgan fingerprint density at radius 1 is 0.892 bits per heavy atom. The number of carbonyl (C=O) groups is 5. The predicted octanol–water partition coefficient (Wildman–Crippen LogP) is 6.61.